The number of nitriles is 1. The van der Waals surface area contributed by atoms with Crippen LogP contribution in [0.2, 0.25) is 0 Å². The quantitative estimate of drug-likeness (QED) is 0.794. The van der Waals surface area contributed by atoms with Crippen LogP contribution in [0.4, 0.5) is 0 Å². The lowest BCUT2D eigenvalue weighted by Gasteiger charge is -2.39. The van der Waals surface area contributed by atoms with Gasteiger partial charge < -0.3 is 5.73 Å². The molecule has 0 spiro atoms. The van der Waals surface area contributed by atoms with E-state index >= 15 is 0 Å². The second-order valence-electron chi connectivity index (χ2n) is 5.70. The van der Waals surface area contributed by atoms with E-state index in [1.165, 1.54) is 19.3 Å². The number of nitrogens with zero attached hydrogens (tertiary/aromatic N) is 2. The molecule has 1 saturated heterocycles. The molecule has 1 aliphatic rings. The summed E-state index contributed by atoms with van der Waals surface area (Å²) in [6.07, 6.45) is 4.72. The Morgan fingerprint density at radius 3 is 2.75 bits per heavy atom. The fraction of sp³-hybridized carbons (Fsp3) is 0.923. The summed E-state index contributed by atoms with van der Waals surface area (Å²) in [4.78, 5) is 2.48. The van der Waals surface area contributed by atoms with Gasteiger partial charge in [0, 0.05) is 12.1 Å². The van der Waals surface area contributed by atoms with Crippen LogP contribution in [-0.2, 0) is 0 Å². The first-order valence-electron chi connectivity index (χ1n) is 6.37. The van der Waals surface area contributed by atoms with Gasteiger partial charge >= 0.3 is 0 Å². The maximum absolute atomic E-state index is 9.01. The molecule has 2 N–H and O–H groups in total. The van der Waals surface area contributed by atoms with Gasteiger partial charge in [-0.3, -0.25) is 4.90 Å². The van der Waals surface area contributed by atoms with Crippen LogP contribution in [0, 0.1) is 16.7 Å². The molecule has 1 heterocycles. The van der Waals surface area contributed by atoms with Gasteiger partial charge in [-0.25, -0.2) is 0 Å². The first kappa shape index (κ1) is 13.5. The summed E-state index contributed by atoms with van der Waals surface area (Å²) < 4.78 is 0. The maximum Gasteiger partial charge on any atom is 0.0684 e. The van der Waals surface area contributed by atoms with Crippen molar-refractivity contribution in [3.8, 4) is 6.07 Å². The summed E-state index contributed by atoms with van der Waals surface area (Å²) in [5.74, 6) is 0. The van der Waals surface area contributed by atoms with E-state index in [9.17, 15) is 0 Å². The van der Waals surface area contributed by atoms with E-state index in [0.29, 0.717) is 6.04 Å². The lowest BCUT2D eigenvalue weighted by atomic mass is 9.89. The number of likely N-dealkylation sites (tertiary alicyclic amines) is 1. The molecule has 0 bridgehead atoms. The zero-order valence-corrected chi connectivity index (χ0v) is 10.9. The van der Waals surface area contributed by atoms with Crippen molar-refractivity contribution in [2.75, 3.05) is 13.1 Å². The predicted octanol–water partition coefficient (Wildman–Crippen LogP) is 2.13. The second kappa shape index (κ2) is 5.65. The highest BCUT2D eigenvalue weighted by atomic mass is 15.2. The maximum atomic E-state index is 9.01. The number of nitrogens with two attached hydrogens (primary N) is 1. The molecular weight excluding hydrogens is 198 g/mol. The van der Waals surface area contributed by atoms with Crippen molar-refractivity contribution in [3.63, 3.8) is 0 Å². The minimum Gasteiger partial charge on any atom is -0.327 e. The van der Waals surface area contributed by atoms with Gasteiger partial charge in [0.2, 0.25) is 0 Å². The molecule has 1 fully saturated rings. The molecular formula is C13H25N3. The van der Waals surface area contributed by atoms with Crippen LogP contribution < -0.4 is 5.73 Å². The van der Waals surface area contributed by atoms with Crippen molar-refractivity contribution < 1.29 is 0 Å². The van der Waals surface area contributed by atoms with Crippen LogP contribution >= 0.6 is 0 Å². The Morgan fingerprint density at radius 1 is 1.50 bits per heavy atom. The molecule has 3 nitrogen and oxygen atoms in total. The molecule has 0 aromatic carbocycles. The van der Waals surface area contributed by atoms with Crippen LogP contribution in [0.3, 0.4) is 0 Å². The van der Waals surface area contributed by atoms with Crippen LogP contribution in [0.15, 0.2) is 0 Å². The number of hydrogen-bond acceptors (Lipinski definition) is 3. The van der Waals surface area contributed by atoms with Crippen molar-refractivity contribution in [2.45, 2.75) is 58.5 Å². The second-order valence-corrected chi connectivity index (χ2v) is 5.70. The van der Waals surface area contributed by atoms with Gasteiger partial charge in [0.05, 0.1) is 11.5 Å². The molecule has 2 atom stereocenters. The van der Waals surface area contributed by atoms with E-state index in [-0.39, 0.29) is 11.5 Å². The zero-order valence-electron chi connectivity index (χ0n) is 10.9. The smallest absolute Gasteiger partial charge is 0.0684 e. The molecule has 0 radical (unpaired) electrons. The standard InChI is InChI=1S/C13H25N3/c1-11(15)12-6-4-5-8-16(12)9-7-13(2,3)10-14/h11-12H,4-9,15H2,1-3H3. The lowest BCUT2D eigenvalue weighted by molar-refractivity contribution is 0.119. The first-order valence-corrected chi connectivity index (χ1v) is 6.37. The van der Waals surface area contributed by atoms with Crippen molar-refractivity contribution in [3.05, 3.63) is 0 Å². The summed E-state index contributed by atoms with van der Waals surface area (Å²) in [6.45, 7) is 8.27. The molecule has 2 unspecified atom stereocenters. The van der Waals surface area contributed by atoms with E-state index in [2.05, 4.69) is 17.9 Å². The summed E-state index contributed by atoms with van der Waals surface area (Å²) >= 11 is 0. The van der Waals surface area contributed by atoms with E-state index in [0.717, 1.165) is 19.5 Å². The molecule has 0 aromatic rings. The summed E-state index contributed by atoms with van der Waals surface area (Å²) in [5.41, 5.74) is 5.81. The lowest BCUT2D eigenvalue weighted by Crippen LogP contribution is -2.49. The third-order valence-electron chi connectivity index (χ3n) is 3.60. The summed E-state index contributed by atoms with van der Waals surface area (Å²) in [7, 11) is 0. The molecule has 3 heteroatoms. The highest BCUT2D eigenvalue weighted by Crippen LogP contribution is 2.24. The van der Waals surface area contributed by atoms with E-state index in [1.807, 2.05) is 13.8 Å². The Bertz CT molecular complexity index is 252. The van der Waals surface area contributed by atoms with Gasteiger partial charge in [0.25, 0.3) is 0 Å². The van der Waals surface area contributed by atoms with Crippen molar-refractivity contribution in [1.82, 2.24) is 4.90 Å². The monoisotopic (exact) mass is 223 g/mol. The molecule has 0 aliphatic carbocycles. The number of piperidine rings is 1. The summed E-state index contributed by atoms with van der Waals surface area (Å²) in [6, 6.07) is 3.13. The van der Waals surface area contributed by atoms with Gasteiger partial charge in [-0.2, -0.15) is 5.26 Å². The fourth-order valence-electron chi connectivity index (χ4n) is 2.37. The van der Waals surface area contributed by atoms with E-state index in [4.69, 9.17) is 11.0 Å². The SMILES string of the molecule is CC(N)C1CCCCN1CCC(C)(C)C#N. The highest BCUT2D eigenvalue weighted by molar-refractivity contribution is 4.93. The summed E-state index contributed by atoms with van der Waals surface area (Å²) in [5, 5.41) is 9.01. The van der Waals surface area contributed by atoms with E-state index < -0.39 is 0 Å². The first-order chi connectivity index (χ1) is 7.46. The Kier molecular flexibility index (Phi) is 4.76. The topological polar surface area (TPSA) is 53.0 Å². The Labute approximate surface area is 99.6 Å². The molecule has 92 valence electrons. The molecule has 16 heavy (non-hydrogen) atoms. The van der Waals surface area contributed by atoms with Gasteiger partial charge in [-0.05, 0) is 53.1 Å². The fourth-order valence-corrected chi connectivity index (χ4v) is 2.37. The Balaban J connectivity index is 2.48. The van der Waals surface area contributed by atoms with Gasteiger partial charge in [0.1, 0.15) is 0 Å². The molecule has 0 aromatic heterocycles. The third kappa shape index (κ3) is 3.77. The van der Waals surface area contributed by atoms with Crippen LogP contribution in [0.5, 0.6) is 0 Å². The van der Waals surface area contributed by atoms with Crippen LogP contribution in [-0.4, -0.2) is 30.1 Å². The predicted molar refractivity (Wildman–Crippen MR) is 66.9 cm³/mol. The highest BCUT2D eigenvalue weighted by Gasteiger charge is 2.27. The average Bonchev–Trinajstić information content (AvgIpc) is 2.27. The van der Waals surface area contributed by atoms with Crippen molar-refractivity contribution in [2.24, 2.45) is 11.1 Å². The Hall–Kier alpha value is -0.590. The third-order valence-corrected chi connectivity index (χ3v) is 3.60. The largest absolute Gasteiger partial charge is 0.327 e. The normalized spacial score (nSPS) is 25.1. The molecule has 1 aliphatic heterocycles. The van der Waals surface area contributed by atoms with Crippen molar-refractivity contribution in [1.29, 1.82) is 5.26 Å². The van der Waals surface area contributed by atoms with Gasteiger partial charge in [-0.1, -0.05) is 6.42 Å². The minimum atomic E-state index is -0.208. The molecule has 0 amide bonds. The zero-order chi connectivity index (χ0) is 12.2. The van der Waals surface area contributed by atoms with Crippen molar-refractivity contribution >= 4 is 0 Å². The molecule has 1 rings (SSSR count). The number of hydrogen-bond donors (Lipinski definition) is 1. The van der Waals surface area contributed by atoms with Gasteiger partial charge in [-0.15, -0.1) is 0 Å². The van der Waals surface area contributed by atoms with Crippen LogP contribution in [0.1, 0.15) is 46.5 Å². The number of rotatable bonds is 4. The molecule has 0 saturated carbocycles. The average molecular weight is 223 g/mol. The van der Waals surface area contributed by atoms with Crippen LogP contribution in [0.25, 0.3) is 0 Å². The minimum absolute atomic E-state index is 0.208. The van der Waals surface area contributed by atoms with Gasteiger partial charge in [0.15, 0.2) is 0 Å². The van der Waals surface area contributed by atoms with E-state index in [1.54, 1.807) is 0 Å². The Morgan fingerprint density at radius 2 is 2.19 bits per heavy atom.